The highest BCUT2D eigenvalue weighted by atomic mass is 79.9. The van der Waals surface area contributed by atoms with Crippen molar-refractivity contribution >= 4 is 33.0 Å². The predicted molar refractivity (Wildman–Crippen MR) is 63.6 cm³/mol. The minimum absolute atomic E-state index is 0.296. The molecule has 0 bridgehead atoms. The molecule has 0 saturated carbocycles. The van der Waals surface area contributed by atoms with Crippen molar-refractivity contribution in [1.29, 1.82) is 0 Å². The summed E-state index contributed by atoms with van der Waals surface area (Å²) >= 11 is 3.37. The van der Waals surface area contributed by atoms with Gasteiger partial charge in [0.15, 0.2) is 0 Å². The first-order chi connectivity index (χ1) is 7.69. The number of ether oxygens (including phenoxy) is 2. The van der Waals surface area contributed by atoms with E-state index in [2.05, 4.69) is 25.7 Å². The molecule has 16 heavy (non-hydrogen) atoms. The molecule has 0 fully saturated rings. The molecule has 0 unspecified atom stereocenters. The summed E-state index contributed by atoms with van der Waals surface area (Å²) in [6, 6.07) is 7.49. The highest BCUT2D eigenvalue weighted by Gasteiger charge is 2.07. The maximum absolute atomic E-state index is 11.1. The van der Waals surface area contributed by atoms with Crippen LogP contribution >= 0.6 is 15.9 Å². The number of H-pyrrole nitrogens is 1. The predicted octanol–water partition coefficient (Wildman–Crippen LogP) is 3.47. The molecule has 1 N–H and O–H groups in total. The molecule has 0 radical (unpaired) electrons. The number of rotatable bonds is 2. The molecule has 5 heteroatoms. The van der Waals surface area contributed by atoms with Crippen LogP contribution < -0.4 is 4.74 Å². The lowest BCUT2D eigenvalue weighted by Crippen LogP contribution is -2.09. The first-order valence-corrected chi connectivity index (χ1v) is 5.61. The molecule has 0 saturated heterocycles. The lowest BCUT2D eigenvalue weighted by atomic mass is 10.2. The minimum atomic E-state index is -0.701. The van der Waals surface area contributed by atoms with Gasteiger partial charge in [-0.2, -0.15) is 0 Å². The second-order valence-corrected chi connectivity index (χ2v) is 4.07. The number of aromatic amines is 1. The zero-order chi connectivity index (χ0) is 11.5. The Kier molecular flexibility index (Phi) is 3.14. The van der Waals surface area contributed by atoms with Crippen LogP contribution in [0.4, 0.5) is 4.79 Å². The smallest absolute Gasteiger partial charge is 0.434 e. The van der Waals surface area contributed by atoms with Crippen molar-refractivity contribution < 1.29 is 14.3 Å². The molecule has 0 aliphatic carbocycles. The number of hydrogen-bond donors (Lipinski definition) is 1. The minimum Gasteiger partial charge on any atom is -0.434 e. The Labute approximate surface area is 101 Å². The number of aromatic nitrogens is 1. The summed E-state index contributed by atoms with van der Waals surface area (Å²) in [5, 5.41) is 0.966. The monoisotopic (exact) mass is 283 g/mol. The average Bonchev–Trinajstić information content (AvgIpc) is 2.59. The van der Waals surface area contributed by atoms with E-state index in [9.17, 15) is 4.79 Å². The Bertz CT molecular complexity index is 521. The number of carbonyl (C=O) groups is 1. The van der Waals surface area contributed by atoms with E-state index in [-0.39, 0.29) is 0 Å². The number of hydrogen-bond acceptors (Lipinski definition) is 3. The molecular formula is C11H10BrNO3. The molecule has 1 aromatic heterocycles. The highest BCUT2D eigenvalue weighted by molar-refractivity contribution is 9.10. The van der Waals surface area contributed by atoms with Crippen molar-refractivity contribution in [3.05, 3.63) is 28.7 Å². The van der Waals surface area contributed by atoms with Crippen molar-refractivity contribution in [2.24, 2.45) is 0 Å². The summed E-state index contributed by atoms with van der Waals surface area (Å²) in [4.78, 5) is 14.1. The van der Waals surface area contributed by atoms with Crippen molar-refractivity contribution in [2.75, 3.05) is 6.61 Å². The Morgan fingerprint density at radius 2 is 2.25 bits per heavy atom. The van der Waals surface area contributed by atoms with Gasteiger partial charge in [0.2, 0.25) is 5.88 Å². The van der Waals surface area contributed by atoms with Gasteiger partial charge < -0.3 is 14.5 Å². The van der Waals surface area contributed by atoms with E-state index >= 15 is 0 Å². The second-order valence-electron chi connectivity index (χ2n) is 3.15. The van der Waals surface area contributed by atoms with E-state index in [4.69, 9.17) is 4.74 Å². The van der Waals surface area contributed by atoms with Crippen LogP contribution in [0, 0.1) is 0 Å². The number of nitrogens with one attached hydrogen (secondary N) is 1. The number of fused-ring (bicyclic) bond motifs is 1. The van der Waals surface area contributed by atoms with Gasteiger partial charge in [0.25, 0.3) is 0 Å². The van der Waals surface area contributed by atoms with Gasteiger partial charge >= 0.3 is 6.16 Å². The fourth-order valence-electron chi connectivity index (χ4n) is 1.37. The molecule has 1 aromatic carbocycles. The summed E-state index contributed by atoms with van der Waals surface area (Å²) in [6.07, 6.45) is -0.701. The van der Waals surface area contributed by atoms with Crippen molar-refractivity contribution in [2.45, 2.75) is 6.92 Å². The van der Waals surface area contributed by atoms with Crippen LogP contribution in [-0.2, 0) is 4.74 Å². The molecule has 1 heterocycles. The van der Waals surface area contributed by atoms with Gasteiger partial charge in [-0.1, -0.05) is 15.9 Å². The maximum atomic E-state index is 11.1. The van der Waals surface area contributed by atoms with Gasteiger partial charge in [0, 0.05) is 21.4 Å². The Morgan fingerprint density at radius 1 is 1.44 bits per heavy atom. The maximum Gasteiger partial charge on any atom is 0.515 e. The topological polar surface area (TPSA) is 51.3 Å². The number of halogens is 1. The van der Waals surface area contributed by atoms with Gasteiger partial charge in [-0.05, 0) is 25.1 Å². The lowest BCUT2D eigenvalue weighted by Gasteiger charge is -1.99. The third-order valence-electron chi connectivity index (χ3n) is 2.01. The summed E-state index contributed by atoms with van der Waals surface area (Å²) in [7, 11) is 0. The molecule has 0 aliphatic rings. The van der Waals surface area contributed by atoms with Gasteiger partial charge in [-0.15, -0.1) is 0 Å². The number of benzene rings is 1. The zero-order valence-corrected chi connectivity index (χ0v) is 10.2. The standard InChI is InChI=1S/C11H10BrNO3/c1-2-15-11(14)16-10-6-7-5-8(12)3-4-9(7)13-10/h3-6,13H,2H2,1H3. The van der Waals surface area contributed by atoms with Crippen LogP contribution in [0.5, 0.6) is 5.88 Å². The molecule has 2 aromatic rings. The van der Waals surface area contributed by atoms with Crippen LogP contribution in [-0.4, -0.2) is 17.7 Å². The van der Waals surface area contributed by atoms with E-state index in [1.54, 1.807) is 13.0 Å². The quantitative estimate of drug-likeness (QED) is 0.859. The van der Waals surface area contributed by atoms with Gasteiger partial charge in [0.1, 0.15) is 0 Å². The second kappa shape index (κ2) is 4.57. The molecule has 0 aliphatic heterocycles. The fraction of sp³-hybridized carbons (Fsp3) is 0.182. The zero-order valence-electron chi connectivity index (χ0n) is 8.62. The molecular weight excluding hydrogens is 274 g/mol. The van der Waals surface area contributed by atoms with E-state index in [1.807, 2.05) is 18.2 Å². The van der Waals surface area contributed by atoms with E-state index in [0.717, 1.165) is 15.4 Å². The largest absolute Gasteiger partial charge is 0.515 e. The van der Waals surface area contributed by atoms with Crippen molar-refractivity contribution in [1.82, 2.24) is 4.98 Å². The summed E-state index contributed by atoms with van der Waals surface area (Å²) in [6.45, 7) is 2.02. The van der Waals surface area contributed by atoms with Crippen molar-refractivity contribution in [3.8, 4) is 5.88 Å². The van der Waals surface area contributed by atoms with Crippen LogP contribution in [0.25, 0.3) is 10.9 Å². The normalized spacial score (nSPS) is 10.4. The molecule has 0 atom stereocenters. The summed E-state index contributed by atoms with van der Waals surface area (Å²) in [5.41, 5.74) is 0.905. The average molecular weight is 284 g/mol. The first kappa shape index (κ1) is 11.0. The van der Waals surface area contributed by atoms with Gasteiger partial charge in [-0.3, -0.25) is 0 Å². The molecule has 4 nitrogen and oxygen atoms in total. The Balaban J connectivity index is 2.23. The highest BCUT2D eigenvalue weighted by Crippen LogP contribution is 2.24. The van der Waals surface area contributed by atoms with E-state index in [1.165, 1.54) is 0 Å². The van der Waals surface area contributed by atoms with Gasteiger partial charge in [0.05, 0.1) is 6.61 Å². The summed E-state index contributed by atoms with van der Waals surface area (Å²) in [5.74, 6) is 0.381. The third kappa shape index (κ3) is 2.36. The molecule has 0 amide bonds. The fourth-order valence-corrected chi connectivity index (χ4v) is 1.75. The van der Waals surface area contributed by atoms with Crippen LogP contribution in [0.3, 0.4) is 0 Å². The lowest BCUT2D eigenvalue weighted by molar-refractivity contribution is 0.103. The molecule has 2 rings (SSSR count). The van der Waals surface area contributed by atoms with E-state index < -0.39 is 6.16 Å². The van der Waals surface area contributed by atoms with Gasteiger partial charge in [-0.25, -0.2) is 4.79 Å². The first-order valence-electron chi connectivity index (χ1n) is 4.82. The third-order valence-corrected chi connectivity index (χ3v) is 2.51. The van der Waals surface area contributed by atoms with E-state index in [0.29, 0.717) is 12.5 Å². The molecule has 84 valence electrons. The Morgan fingerprint density at radius 3 is 3.00 bits per heavy atom. The SMILES string of the molecule is CCOC(=O)Oc1cc2cc(Br)ccc2[nH]1. The van der Waals surface area contributed by atoms with Crippen LogP contribution in [0.15, 0.2) is 28.7 Å². The number of carbonyl (C=O) groups excluding carboxylic acids is 1. The van der Waals surface area contributed by atoms with Crippen molar-refractivity contribution in [3.63, 3.8) is 0 Å². The summed E-state index contributed by atoms with van der Waals surface area (Å²) < 4.78 is 10.6. The van der Waals surface area contributed by atoms with Crippen LogP contribution in [0.1, 0.15) is 6.92 Å². The Hall–Kier alpha value is -1.49. The van der Waals surface area contributed by atoms with Crippen LogP contribution in [0.2, 0.25) is 0 Å². The molecule has 0 spiro atoms.